The molecule has 1 aromatic heterocycles. The molecule has 0 aliphatic carbocycles. The summed E-state index contributed by atoms with van der Waals surface area (Å²) >= 11 is 0. The van der Waals surface area contributed by atoms with E-state index in [4.69, 9.17) is 0 Å². The van der Waals surface area contributed by atoms with Gasteiger partial charge in [-0.25, -0.2) is 4.79 Å². The molecule has 0 aliphatic heterocycles. The SMILES string of the molecule is O=c1[nH]cc([N+](=O)[O-])c(=O)[nH]1.[Co]. The van der Waals surface area contributed by atoms with Gasteiger partial charge < -0.3 is 4.98 Å². The fourth-order valence-corrected chi connectivity index (χ4v) is 0.538. The van der Waals surface area contributed by atoms with Gasteiger partial charge in [0.05, 0.1) is 11.1 Å². The van der Waals surface area contributed by atoms with Crippen molar-refractivity contribution in [2.45, 2.75) is 0 Å². The van der Waals surface area contributed by atoms with Crippen molar-refractivity contribution < 1.29 is 21.7 Å². The fourth-order valence-electron chi connectivity index (χ4n) is 0.538. The molecule has 1 radical (unpaired) electrons. The zero-order valence-corrected chi connectivity index (χ0v) is 6.53. The second kappa shape index (κ2) is 3.83. The van der Waals surface area contributed by atoms with Gasteiger partial charge in [-0.2, -0.15) is 0 Å². The number of nitrogens with one attached hydrogen (secondary N) is 2. The average Bonchev–Trinajstić information content (AvgIpc) is 1.85. The van der Waals surface area contributed by atoms with Gasteiger partial charge in [-0.3, -0.25) is 19.9 Å². The minimum Gasteiger partial charge on any atom is -0.307 e. The van der Waals surface area contributed by atoms with Crippen molar-refractivity contribution in [1.29, 1.82) is 0 Å². The summed E-state index contributed by atoms with van der Waals surface area (Å²) in [6.07, 6.45) is 0.751. The van der Waals surface area contributed by atoms with Gasteiger partial charge in [-0.1, -0.05) is 0 Å². The molecule has 0 saturated heterocycles. The van der Waals surface area contributed by atoms with E-state index in [1.54, 1.807) is 4.98 Å². The Hall–Kier alpha value is -1.41. The second-order valence-electron chi connectivity index (χ2n) is 1.71. The van der Waals surface area contributed by atoms with Crippen molar-refractivity contribution in [3.05, 3.63) is 37.1 Å². The second-order valence-corrected chi connectivity index (χ2v) is 1.71. The van der Waals surface area contributed by atoms with E-state index in [1.807, 2.05) is 4.98 Å². The van der Waals surface area contributed by atoms with Crippen molar-refractivity contribution in [3.8, 4) is 0 Å². The summed E-state index contributed by atoms with van der Waals surface area (Å²) in [6, 6.07) is 0. The van der Waals surface area contributed by atoms with E-state index in [-0.39, 0.29) is 16.8 Å². The van der Waals surface area contributed by atoms with Crippen LogP contribution in [0.25, 0.3) is 0 Å². The van der Waals surface area contributed by atoms with Crippen LogP contribution in [0, 0.1) is 10.1 Å². The molecule has 7 nitrogen and oxygen atoms in total. The van der Waals surface area contributed by atoms with E-state index < -0.39 is 21.9 Å². The van der Waals surface area contributed by atoms with Crippen molar-refractivity contribution in [2.75, 3.05) is 0 Å². The standard InChI is InChI=1S/C4H3N3O4.Co/c8-3-2(7(10)11)1-5-4(9)6-3;/h1H,(H2,5,6,8,9);. The van der Waals surface area contributed by atoms with Crippen LogP contribution in [-0.4, -0.2) is 14.9 Å². The maximum absolute atomic E-state index is 10.6. The summed E-state index contributed by atoms with van der Waals surface area (Å²) in [7, 11) is 0. The van der Waals surface area contributed by atoms with Gasteiger partial charge in [-0.15, -0.1) is 0 Å². The van der Waals surface area contributed by atoms with Crippen LogP contribution in [0.3, 0.4) is 0 Å². The molecule has 1 rings (SSSR count). The molecule has 0 bridgehead atoms. The largest absolute Gasteiger partial charge is 0.349 e. The van der Waals surface area contributed by atoms with E-state index in [0.29, 0.717) is 0 Å². The maximum atomic E-state index is 10.6. The van der Waals surface area contributed by atoms with Gasteiger partial charge in [0.15, 0.2) is 0 Å². The van der Waals surface area contributed by atoms with E-state index in [1.165, 1.54) is 0 Å². The molecule has 0 spiro atoms. The Morgan fingerprint density at radius 1 is 1.42 bits per heavy atom. The van der Waals surface area contributed by atoms with Crippen molar-refractivity contribution >= 4 is 5.69 Å². The summed E-state index contributed by atoms with van der Waals surface area (Å²) in [5.41, 5.74) is -2.44. The van der Waals surface area contributed by atoms with Crippen LogP contribution in [0.4, 0.5) is 5.69 Å². The van der Waals surface area contributed by atoms with Crippen LogP contribution < -0.4 is 11.2 Å². The zero-order chi connectivity index (χ0) is 8.43. The van der Waals surface area contributed by atoms with Crippen LogP contribution in [0.15, 0.2) is 15.8 Å². The third-order valence-electron chi connectivity index (χ3n) is 0.996. The minimum atomic E-state index is -1.00. The predicted molar refractivity (Wildman–Crippen MR) is 34.3 cm³/mol. The Morgan fingerprint density at radius 2 is 2.00 bits per heavy atom. The minimum absolute atomic E-state index is 0. The number of aromatic amines is 2. The summed E-state index contributed by atoms with van der Waals surface area (Å²) in [4.78, 5) is 33.7. The van der Waals surface area contributed by atoms with Crippen LogP contribution in [-0.2, 0) is 16.8 Å². The smallest absolute Gasteiger partial charge is 0.307 e. The Labute approximate surface area is 75.2 Å². The van der Waals surface area contributed by atoms with Crippen molar-refractivity contribution in [1.82, 2.24) is 9.97 Å². The summed E-state index contributed by atoms with van der Waals surface area (Å²) < 4.78 is 0. The van der Waals surface area contributed by atoms with E-state index in [0.717, 1.165) is 6.20 Å². The zero-order valence-electron chi connectivity index (χ0n) is 5.49. The molecule has 1 aromatic rings. The third-order valence-corrected chi connectivity index (χ3v) is 0.996. The Bertz CT molecular complexity index is 394. The first kappa shape index (κ1) is 10.6. The fraction of sp³-hybridized carbons (Fsp3) is 0. The number of nitro groups is 1. The van der Waals surface area contributed by atoms with Crippen LogP contribution >= 0.6 is 0 Å². The molecular formula is C4H3CoN3O4. The number of H-pyrrole nitrogens is 2. The molecule has 0 saturated carbocycles. The molecule has 8 heteroatoms. The Morgan fingerprint density at radius 3 is 2.42 bits per heavy atom. The average molecular weight is 216 g/mol. The number of rotatable bonds is 1. The Kier molecular flexibility index (Phi) is 3.38. The predicted octanol–water partition coefficient (Wildman–Crippen LogP) is -1.03. The molecule has 0 atom stereocenters. The first-order valence-corrected chi connectivity index (χ1v) is 2.57. The van der Waals surface area contributed by atoms with Gasteiger partial charge in [0.25, 0.3) is 0 Å². The molecule has 0 unspecified atom stereocenters. The van der Waals surface area contributed by atoms with Gasteiger partial charge in [0.2, 0.25) is 0 Å². The van der Waals surface area contributed by atoms with Crippen molar-refractivity contribution in [3.63, 3.8) is 0 Å². The van der Waals surface area contributed by atoms with E-state index >= 15 is 0 Å². The van der Waals surface area contributed by atoms with E-state index in [2.05, 4.69) is 0 Å². The molecule has 12 heavy (non-hydrogen) atoms. The number of hydrogen-bond acceptors (Lipinski definition) is 4. The molecule has 0 amide bonds. The topological polar surface area (TPSA) is 109 Å². The third kappa shape index (κ3) is 2.03. The molecule has 0 aromatic carbocycles. The quantitative estimate of drug-likeness (QED) is 0.461. The maximum Gasteiger partial charge on any atom is 0.349 e. The summed E-state index contributed by atoms with van der Waals surface area (Å²) in [6.45, 7) is 0. The number of aromatic nitrogens is 2. The number of nitrogens with zero attached hydrogens (tertiary/aromatic N) is 1. The van der Waals surface area contributed by atoms with Gasteiger partial charge in [0, 0.05) is 16.8 Å². The Balaban J connectivity index is 0.00000121. The molecule has 0 aliphatic rings. The first-order chi connectivity index (χ1) is 5.11. The summed E-state index contributed by atoms with van der Waals surface area (Å²) in [5, 5.41) is 10.00. The van der Waals surface area contributed by atoms with E-state index in [9.17, 15) is 19.7 Å². The van der Waals surface area contributed by atoms with Crippen LogP contribution in [0.2, 0.25) is 0 Å². The first-order valence-electron chi connectivity index (χ1n) is 2.57. The van der Waals surface area contributed by atoms with Gasteiger partial charge in [0.1, 0.15) is 0 Å². The molecule has 1 heterocycles. The molecule has 0 fully saturated rings. The molecule has 2 N–H and O–H groups in total. The molecule has 67 valence electrons. The van der Waals surface area contributed by atoms with Gasteiger partial charge >= 0.3 is 16.9 Å². The summed E-state index contributed by atoms with van der Waals surface area (Å²) in [5.74, 6) is 0. The normalized spacial score (nSPS) is 8.67. The van der Waals surface area contributed by atoms with Crippen LogP contribution in [0.1, 0.15) is 0 Å². The molecular weight excluding hydrogens is 213 g/mol. The monoisotopic (exact) mass is 216 g/mol. The van der Waals surface area contributed by atoms with Gasteiger partial charge in [-0.05, 0) is 0 Å². The van der Waals surface area contributed by atoms with Crippen molar-refractivity contribution in [2.24, 2.45) is 0 Å². The van der Waals surface area contributed by atoms with Crippen LogP contribution in [0.5, 0.6) is 0 Å². The number of hydrogen-bond donors (Lipinski definition) is 2.